The number of hydrogen-bond acceptors (Lipinski definition) is 4. The maximum absolute atomic E-state index is 12.2. The maximum Gasteiger partial charge on any atom is 0.319 e. The number of ether oxygens (including phenoxy) is 1. The second-order valence-electron chi connectivity index (χ2n) is 6.20. The van der Waals surface area contributed by atoms with Crippen LogP contribution in [0.4, 0.5) is 10.5 Å². The van der Waals surface area contributed by atoms with E-state index in [9.17, 15) is 9.90 Å². The van der Waals surface area contributed by atoms with Gasteiger partial charge in [0, 0.05) is 24.2 Å². The maximum atomic E-state index is 12.2. The number of halogens is 1. The van der Waals surface area contributed by atoms with E-state index in [4.69, 9.17) is 4.74 Å². The molecule has 2 fully saturated rings. The number of phenols is 1. The van der Waals surface area contributed by atoms with Crippen LogP contribution in [-0.4, -0.2) is 48.3 Å². The van der Waals surface area contributed by atoms with Crippen LogP contribution in [0.25, 0.3) is 0 Å². The van der Waals surface area contributed by atoms with Gasteiger partial charge in [0.1, 0.15) is 11.5 Å². The van der Waals surface area contributed by atoms with Gasteiger partial charge in [0.25, 0.3) is 0 Å². The predicted octanol–water partition coefficient (Wildman–Crippen LogP) is 2.57. The minimum Gasteiger partial charge on any atom is -0.508 e. The van der Waals surface area contributed by atoms with Gasteiger partial charge in [0.05, 0.1) is 12.8 Å². The van der Waals surface area contributed by atoms with Gasteiger partial charge in [-0.2, -0.15) is 0 Å². The van der Waals surface area contributed by atoms with Gasteiger partial charge < -0.3 is 25.4 Å². The first-order valence-corrected chi connectivity index (χ1v) is 7.73. The molecule has 23 heavy (non-hydrogen) atoms. The number of carbonyl (C=O) groups is 1. The number of phenolic OH excluding ortho intramolecular Hbond substituents is 1. The van der Waals surface area contributed by atoms with Crippen LogP contribution < -0.4 is 15.4 Å². The lowest BCUT2D eigenvalue weighted by molar-refractivity contribution is 0.151. The molecule has 2 amide bonds. The third-order valence-electron chi connectivity index (χ3n) is 4.86. The molecule has 2 saturated heterocycles. The summed E-state index contributed by atoms with van der Waals surface area (Å²) in [7, 11) is 3.71. The number of fused-ring (bicyclic) bond motifs is 2. The minimum atomic E-state index is -0.252. The molecule has 2 heterocycles. The molecule has 0 aliphatic carbocycles. The Morgan fingerprint density at radius 1 is 1.30 bits per heavy atom. The van der Waals surface area contributed by atoms with Crippen LogP contribution in [0.1, 0.15) is 25.7 Å². The third-order valence-corrected chi connectivity index (χ3v) is 4.86. The van der Waals surface area contributed by atoms with Crippen molar-refractivity contribution < 1.29 is 14.6 Å². The second kappa shape index (κ2) is 7.27. The number of aromatic hydroxyl groups is 1. The molecule has 6 nitrogen and oxygen atoms in total. The number of anilines is 1. The molecule has 2 unspecified atom stereocenters. The van der Waals surface area contributed by atoms with Crippen LogP contribution in [0.2, 0.25) is 0 Å². The van der Waals surface area contributed by atoms with Crippen molar-refractivity contribution in [2.24, 2.45) is 0 Å². The fourth-order valence-electron chi connectivity index (χ4n) is 3.67. The lowest BCUT2D eigenvalue weighted by atomic mass is 9.98. The van der Waals surface area contributed by atoms with Crippen LogP contribution in [0.5, 0.6) is 11.5 Å². The summed E-state index contributed by atoms with van der Waals surface area (Å²) in [5.41, 5.74) is 0.468. The zero-order valence-corrected chi connectivity index (χ0v) is 14.2. The molecule has 2 aliphatic rings. The van der Waals surface area contributed by atoms with E-state index < -0.39 is 0 Å². The number of amides is 2. The predicted molar refractivity (Wildman–Crippen MR) is 91.7 cm³/mol. The van der Waals surface area contributed by atoms with E-state index in [-0.39, 0.29) is 30.2 Å². The molecular formula is C16H24ClN3O3. The van der Waals surface area contributed by atoms with E-state index in [1.807, 2.05) is 0 Å². The summed E-state index contributed by atoms with van der Waals surface area (Å²) in [6.45, 7) is 0. The average molecular weight is 342 g/mol. The lowest BCUT2D eigenvalue weighted by Crippen LogP contribution is -2.49. The van der Waals surface area contributed by atoms with Crippen LogP contribution in [0.3, 0.4) is 0 Å². The molecule has 1 aromatic rings. The molecule has 2 bridgehead atoms. The fraction of sp³-hybridized carbons (Fsp3) is 0.562. The Labute approximate surface area is 142 Å². The zero-order valence-electron chi connectivity index (χ0n) is 13.4. The van der Waals surface area contributed by atoms with Crippen LogP contribution in [-0.2, 0) is 0 Å². The molecular weight excluding hydrogens is 318 g/mol. The Bertz CT molecular complexity index is 556. The normalized spacial score (nSPS) is 26.3. The number of methoxy groups -OCH3 is 1. The zero-order chi connectivity index (χ0) is 15.7. The topological polar surface area (TPSA) is 73.8 Å². The highest BCUT2D eigenvalue weighted by atomic mass is 35.5. The van der Waals surface area contributed by atoms with Crippen LogP contribution in [0, 0.1) is 0 Å². The standard InChI is InChI=1S/C16H23N3O3.ClH/c1-19-11-3-4-12(19)8-10(7-11)17-16(21)18-14-9-13(20)5-6-15(14)22-2;/h5-6,9-12,20H,3-4,7-8H2,1-2H3,(H2,17,18,21);1H. The summed E-state index contributed by atoms with van der Waals surface area (Å²) in [6, 6.07) is 5.75. The highest BCUT2D eigenvalue weighted by molar-refractivity contribution is 5.91. The minimum absolute atomic E-state index is 0. The first-order chi connectivity index (χ1) is 10.6. The first-order valence-electron chi connectivity index (χ1n) is 7.73. The number of carbonyl (C=O) groups excluding carboxylic acids is 1. The van der Waals surface area contributed by atoms with Crippen molar-refractivity contribution in [3.8, 4) is 11.5 Å². The molecule has 3 N–H and O–H groups in total. The van der Waals surface area contributed by atoms with Crippen molar-refractivity contribution in [1.82, 2.24) is 10.2 Å². The SMILES string of the molecule is COc1ccc(O)cc1NC(=O)NC1CC2CCC(C1)N2C.Cl. The molecule has 128 valence electrons. The van der Waals surface area contributed by atoms with Crippen molar-refractivity contribution in [2.75, 3.05) is 19.5 Å². The van der Waals surface area contributed by atoms with Gasteiger partial charge >= 0.3 is 6.03 Å². The molecule has 0 spiro atoms. The van der Waals surface area contributed by atoms with E-state index in [0.717, 1.165) is 12.8 Å². The first kappa shape index (κ1) is 17.7. The summed E-state index contributed by atoms with van der Waals surface area (Å²) in [5, 5.41) is 15.3. The molecule has 7 heteroatoms. The van der Waals surface area contributed by atoms with Crippen LogP contribution in [0.15, 0.2) is 18.2 Å². The Hall–Kier alpha value is -1.66. The number of urea groups is 1. The number of hydrogen-bond donors (Lipinski definition) is 3. The summed E-state index contributed by atoms with van der Waals surface area (Å²) >= 11 is 0. The molecule has 2 atom stereocenters. The monoisotopic (exact) mass is 341 g/mol. The number of piperidine rings is 1. The lowest BCUT2D eigenvalue weighted by Gasteiger charge is -2.36. The van der Waals surface area contributed by atoms with Crippen LogP contribution >= 0.6 is 12.4 Å². The van der Waals surface area contributed by atoms with E-state index in [1.165, 1.54) is 32.1 Å². The van der Waals surface area contributed by atoms with E-state index in [2.05, 4.69) is 22.6 Å². The van der Waals surface area contributed by atoms with Gasteiger partial charge in [0.2, 0.25) is 0 Å². The number of rotatable bonds is 3. The third kappa shape index (κ3) is 3.82. The average Bonchev–Trinajstić information content (AvgIpc) is 2.70. The molecule has 3 rings (SSSR count). The van der Waals surface area contributed by atoms with Gasteiger partial charge in [-0.15, -0.1) is 12.4 Å². The Morgan fingerprint density at radius 3 is 2.57 bits per heavy atom. The summed E-state index contributed by atoms with van der Waals surface area (Å²) in [4.78, 5) is 14.6. The Balaban J connectivity index is 0.00000192. The van der Waals surface area contributed by atoms with Gasteiger partial charge in [-0.25, -0.2) is 4.79 Å². The smallest absolute Gasteiger partial charge is 0.319 e. The van der Waals surface area contributed by atoms with E-state index in [1.54, 1.807) is 6.07 Å². The highest BCUT2D eigenvalue weighted by Crippen LogP contribution is 2.34. The summed E-state index contributed by atoms with van der Waals surface area (Å²) in [6.07, 6.45) is 4.44. The van der Waals surface area contributed by atoms with Gasteiger partial charge in [-0.1, -0.05) is 0 Å². The molecule has 2 aliphatic heterocycles. The van der Waals surface area contributed by atoms with Gasteiger partial charge in [-0.3, -0.25) is 0 Å². The Kier molecular flexibility index (Phi) is 5.59. The van der Waals surface area contributed by atoms with E-state index >= 15 is 0 Å². The van der Waals surface area contributed by atoms with Crippen molar-refractivity contribution in [1.29, 1.82) is 0 Å². The largest absolute Gasteiger partial charge is 0.508 e. The van der Waals surface area contributed by atoms with Gasteiger partial charge in [-0.05, 0) is 44.9 Å². The van der Waals surface area contributed by atoms with Crippen molar-refractivity contribution in [2.45, 2.75) is 43.8 Å². The quantitative estimate of drug-likeness (QED) is 0.790. The number of benzene rings is 1. The fourth-order valence-corrected chi connectivity index (χ4v) is 3.67. The van der Waals surface area contributed by atoms with Crippen molar-refractivity contribution in [3.05, 3.63) is 18.2 Å². The van der Waals surface area contributed by atoms with E-state index in [0.29, 0.717) is 23.5 Å². The highest BCUT2D eigenvalue weighted by Gasteiger charge is 2.38. The molecule has 0 radical (unpaired) electrons. The molecule has 1 aromatic carbocycles. The number of nitrogens with zero attached hydrogens (tertiary/aromatic N) is 1. The number of nitrogens with one attached hydrogen (secondary N) is 2. The summed E-state index contributed by atoms with van der Waals surface area (Å²) < 4.78 is 5.19. The Morgan fingerprint density at radius 2 is 1.96 bits per heavy atom. The summed E-state index contributed by atoms with van der Waals surface area (Å²) in [5.74, 6) is 0.616. The molecule has 0 aromatic heterocycles. The van der Waals surface area contributed by atoms with Crippen molar-refractivity contribution in [3.63, 3.8) is 0 Å². The second-order valence-corrected chi connectivity index (χ2v) is 6.20. The van der Waals surface area contributed by atoms with Gasteiger partial charge in [0.15, 0.2) is 0 Å². The van der Waals surface area contributed by atoms with Crippen molar-refractivity contribution >= 4 is 24.1 Å². The molecule has 0 saturated carbocycles.